The summed E-state index contributed by atoms with van der Waals surface area (Å²) in [5.41, 5.74) is 5.98. The lowest BCUT2D eigenvalue weighted by Gasteiger charge is -2.22. The molecule has 0 bridgehead atoms. The Morgan fingerprint density at radius 3 is 2.43 bits per heavy atom. The molecule has 0 aliphatic rings. The van der Waals surface area contributed by atoms with Gasteiger partial charge in [0.05, 0.1) is 24.8 Å². The highest BCUT2D eigenvalue weighted by Gasteiger charge is 2.19. The number of benzene rings is 3. The maximum absolute atomic E-state index is 13.0. The molecule has 180 valence electrons. The number of amides is 1. The van der Waals surface area contributed by atoms with Crippen molar-refractivity contribution in [3.8, 4) is 5.75 Å². The van der Waals surface area contributed by atoms with Crippen molar-refractivity contribution >= 4 is 17.5 Å². The minimum atomic E-state index is -0.257. The van der Waals surface area contributed by atoms with Crippen molar-refractivity contribution in [2.45, 2.75) is 39.7 Å². The van der Waals surface area contributed by atoms with Crippen LogP contribution in [0.25, 0.3) is 0 Å². The second kappa shape index (κ2) is 11.2. The molecule has 0 aliphatic carbocycles. The van der Waals surface area contributed by atoms with Crippen LogP contribution in [0.5, 0.6) is 5.75 Å². The lowest BCUT2D eigenvalue weighted by molar-refractivity contribution is -0.120. The van der Waals surface area contributed by atoms with Crippen molar-refractivity contribution in [3.63, 3.8) is 0 Å². The third-order valence-corrected chi connectivity index (χ3v) is 6.31. The van der Waals surface area contributed by atoms with Crippen molar-refractivity contribution in [1.82, 2.24) is 10.5 Å². The predicted octanol–water partition coefficient (Wildman–Crippen LogP) is 6.32. The van der Waals surface area contributed by atoms with Gasteiger partial charge in [-0.3, -0.25) is 4.79 Å². The van der Waals surface area contributed by atoms with Gasteiger partial charge in [0.25, 0.3) is 0 Å². The fourth-order valence-electron chi connectivity index (χ4n) is 4.18. The first-order valence-corrected chi connectivity index (χ1v) is 12.0. The minimum absolute atomic E-state index is 0.0553. The summed E-state index contributed by atoms with van der Waals surface area (Å²) in [4.78, 5) is 13.0. The third-order valence-electron chi connectivity index (χ3n) is 6.07. The fourth-order valence-corrected chi connectivity index (χ4v) is 4.41. The van der Waals surface area contributed by atoms with Crippen LogP contribution < -0.4 is 10.1 Å². The van der Waals surface area contributed by atoms with E-state index in [2.05, 4.69) is 10.5 Å². The summed E-state index contributed by atoms with van der Waals surface area (Å²) in [7, 11) is 0. The molecule has 3 aromatic carbocycles. The summed E-state index contributed by atoms with van der Waals surface area (Å²) < 4.78 is 11.1. The van der Waals surface area contributed by atoms with Crippen molar-refractivity contribution in [2.24, 2.45) is 0 Å². The molecule has 5 nitrogen and oxygen atoms in total. The average molecular weight is 489 g/mol. The van der Waals surface area contributed by atoms with Crippen LogP contribution in [0.2, 0.25) is 5.02 Å². The highest BCUT2D eigenvalue weighted by molar-refractivity contribution is 6.30. The topological polar surface area (TPSA) is 64.4 Å². The van der Waals surface area contributed by atoms with Crippen LogP contribution in [0.1, 0.15) is 45.3 Å². The van der Waals surface area contributed by atoms with E-state index in [0.29, 0.717) is 11.6 Å². The largest absolute Gasteiger partial charge is 0.493 e. The van der Waals surface area contributed by atoms with Crippen LogP contribution in [-0.4, -0.2) is 17.7 Å². The van der Waals surface area contributed by atoms with E-state index in [1.807, 2.05) is 93.6 Å². The molecule has 0 radical (unpaired) electrons. The molecular formula is C29H29ClN2O3. The van der Waals surface area contributed by atoms with Crippen molar-refractivity contribution in [1.29, 1.82) is 0 Å². The smallest absolute Gasteiger partial charge is 0.225 e. The van der Waals surface area contributed by atoms with Gasteiger partial charge >= 0.3 is 0 Å². The highest BCUT2D eigenvalue weighted by Crippen LogP contribution is 2.27. The third kappa shape index (κ3) is 6.31. The van der Waals surface area contributed by atoms with E-state index >= 15 is 0 Å². The van der Waals surface area contributed by atoms with Gasteiger partial charge in [0.2, 0.25) is 5.91 Å². The van der Waals surface area contributed by atoms with Crippen molar-refractivity contribution in [2.75, 3.05) is 6.61 Å². The van der Waals surface area contributed by atoms with E-state index in [4.69, 9.17) is 20.9 Å². The molecule has 0 saturated carbocycles. The van der Waals surface area contributed by atoms with Gasteiger partial charge in [-0.05, 0) is 67.3 Å². The Labute approximate surface area is 211 Å². The Bertz CT molecular complexity index is 1260. The first-order chi connectivity index (χ1) is 16.9. The van der Waals surface area contributed by atoms with Gasteiger partial charge in [-0.15, -0.1) is 0 Å². The molecule has 1 heterocycles. The molecule has 35 heavy (non-hydrogen) atoms. The first kappa shape index (κ1) is 24.6. The van der Waals surface area contributed by atoms with E-state index in [0.717, 1.165) is 51.4 Å². The fraction of sp³-hybridized carbons (Fsp3) is 0.241. The van der Waals surface area contributed by atoms with Gasteiger partial charge in [-0.1, -0.05) is 65.3 Å². The molecule has 1 unspecified atom stereocenters. The number of carbonyl (C=O) groups excluding carboxylic acids is 1. The predicted molar refractivity (Wildman–Crippen MR) is 138 cm³/mol. The maximum Gasteiger partial charge on any atom is 0.225 e. The summed E-state index contributed by atoms with van der Waals surface area (Å²) in [6.07, 6.45) is 1.01. The van der Waals surface area contributed by atoms with E-state index < -0.39 is 0 Å². The number of carbonyl (C=O) groups is 1. The monoisotopic (exact) mass is 488 g/mol. The van der Waals surface area contributed by atoms with Gasteiger partial charge < -0.3 is 14.6 Å². The number of aryl methyl sites for hydroxylation is 3. The Kier molecular flexibility index (Phi) is 7.88. The number of rotatable bonds is 9. The van der Waals surface area contributed by atoms with Crippen LogP contribution in [-0.2, 0) is 17.6 Å². The number of aromatic nitrogens is 1. The standard InChI is InChI=1S/C29H29ClN2O3/c1-19-17-24(30)11-14-26(19)29(23-7-5-4-6-8-23)31-28(33)18-22-9-12-25(13-10-22)34-16-15-27-20(2)32-35-21(27)3/h4-14,17,29H,15-16,18H2,1-3H3,(H,31,33). The van der Waals surface area contributed by atoms with Crippen LogP contribution in [0.15, 0.2) is 77.3 Å². The molecule has 4 aromatic rings. The first-order valence-electron chi connectivity index (χ1n) is 11.6. The number of nitrogens with one attached hydrogen (secondary N) is 1. The van der Waals surface area contributed by atoms with Gasteiger partial charge in [0.15, 0.2) is 0 Å². The normalized spacial score (nSPS) is 11.8. The molecule has 1 amide bonds. The van der Waals surface area contributed by atoms with Crippen LogP contribution in [0.4, 0.5) is 0 Å². The number of hydrogen-bond acceptors (Lipinski definition) is 4. The van der Waals surface area contributed by atoms with E-state index in [1.54, 1.807) is 0 Å². The quantitative estimate of drug-likeness (QED) is 0.299. The van der Waals surface area contributed by atoms with Gasteiger partial charge in [0.1, 0.15) is 11.5 Å². The summed E-state index contributed by atoms with van der Waals surface area (Å²) in [6, 6.07) is 23.1. The van der Waals surface area contributed by atoms with Crippen molar-refractivity contribution in [3.05, 3.63) is 117 Å². The molecule has 1 atom stereocenters. The average Bonchev–Trinajstić information content (AvgIpc) is 3.17. The second-order valence-corrected chi connectivity index (χ2v) is 9.07. The molecule has 4 rings (SSSR count). The Hall–Kier alpha value is -3.57. The molecule has 6 heteroatoms. The molecular weight excluding hydrogens is 460 g/mol. The van der Waals surface area contributed by atoms with Crippen molar-refractivity contribution < 1.29 is 14.1 Å². The molecule has 0 fully saturated rings. The highest BCUT2D eigenvalue weighted by atomic mass is 35.5. The van der Waals surface area contributed by atoms with Crippen LogP contribution in [0, 0.1) is 20.8 Å². The number of hydrogen-bond donors (Lipinski definition) is 1. The zero-order chi connectivity index (χ0) is 24.8. The molecule has 1 N–H and O–H groups in total. The molecule has 0 spiro atoms. The molecule has 0 aliphatic heterocycles. The summed E-state index contributed by atoms with van der Waals surface area (Å²) in [5, 5.41) is 7.86. The lowest BCUT2D eigenvalue weighted by atomic mass is 9.94. The molecule has 1 aromatic heterocycles. The van der Waals surface area contributed by atoms with E-state index in [-0.39, 0.29) is 18.4 Å². The maximum atomic E-state index is 13.0. The second-order valence-electron chi connectivity index (χ2n) is 8.63. The van der Waals surface area contributed by atoms with Gasteiger partial charge in [-0.25, -0.2) is 0 Å². The zero-order valence-electron chi connectivity index (χ0n) is 20.2. The minimum Gasteiger partial charge on any atom is -0.493 e. The Morgan fingerprint density at radius 2 is 1.77 bits per heavy atom. The van der Waals surface area contributed by atoms with Crippen LogP contribution in [0.3, 0.4) is 0 Å². The van der Waals surface area contributed by atoms with E-state index in [1.165, 1.54) is 0 Å². The van der Waals surface area contributed by atoms with Gasteiger partial charge in [0, 0.05) is 17.0 Å². The Balaban J connectivity index is 1.38. The Morgan fingerprint density at radius 1 is 1.03 bits per heavy atom. The number of nitrogens with zero attached hydrogens (tertiary/aromatic N) is 1. The summed E-state index contributed by atoms with van der Waals surface area (Å²) >= 11 is 6.16. The lowest BCUT2D eigenvalue weighted by Crippen LogP contribution is -2.31. The number of ether oxygens (including phenoxy) is 1. The van der Waals surface area contributed by atoms with Gasteiger partial charge in [-0.2, -0.15) is 0 Å². The molecule has 0 saturated heterocycles. The SMILES string of the molecule is Cc1cc(Cl)ccc1C(NC(=O)Cc1ccc(OCCc2c(C)noc2C)cc1)c1ccccc1. The zero-order valence-corrected chi connectivity index (χ0v) is 20.9. The van der Waals surface area contributed by atoms with Crippen LogP contribution >= 0.6 is 11.6 Å². The number of halogens is 1. The summed E-state index contributed by atoms with van der Waals surface area (Å²) in [5.74, 6) is 1.54. The van der Waals surface area contributed by atoms with E-state index in [9.17, 15) is 4.79 Å². The summed E-state index contributed by atoms with van der Waals surface area (Å²) in [6.45, 7) is 6.38.